The van der Waals surface area contributed by atoms with Crippen molar-refractivity contribution >= 4 is 0 Å². The summed E-state index contributed by atoms with van der Waals surface area (Å²) in [5.41, 5.74) is 1.16. The summed E-state index contributed by atoms with van der Waals surface area (Å²) in [4.78, 5) is 2.15. The lowest BCUT2D eigenvalue weighted by Crippen LogP contribution is -2.24. The summed E-state index contributed by atoms with van der Waals surface area (Å²) >= 11 is 0. The van der Waals surface area contributed by atoms with Crippen LogP contribution in [0.3, 0.4) is 0 Å². The summed E-state index contributed by atoms with van der Waals surface area (Å²) in [5.74, 6) is 13.9. The molecule has 0 aliphatic heterocycles. The molecule has 5 nitrogen and oxygen atoms in total. The molecule has 0 aliphatic carbocycles. The molecule has 0 radical (unpaired) electrons. The first kappa shape index (κ1) is 24.8. The normalized spacial score (nSPS) is 10.8. The summed E-state index contributed by atoms with van der Waals surface area (Å²) in [6.07, 6.45) is 1.10. The highest BCUT2D eigenvalue weighted by Gasteiger charge is 2.05. The monoisotopic (exact) mass is 430 g/mol. The minimum atomic E-state index is 0.00233. The second-order valence-electron chi connectivity index (χ2n) is 7.10. The van der Waals surface area contributed by atoms with Crippen molar-refractivity contribution in [2.45, 2.75) is 32.4 Å². The van der Waals surface area contributed by atoms with Crippen molar-refractivity contribution in [3.05, 3.63) is 60.2 Å². The Morgan fingerprint density at radius 1 is 0.906 bits per heavy atom. The zero-order chi connectivity index (χ0) is 22.9. The Labute approximate surface area is 191 Å². The molecule has 0 fully saturated rings. The lowest BCUT2D eigenvalue weighted by atomic mass is 10.2. The molecule has 0 unspecified atom stereocenters. The van der Waals surface area contributed by atoms with Crippen LogP contribution in [0.25, 0.3) is 0 Å². The minimum Gasteiger partial charge on any atom is -0.497 e. The molecule has 0 heterocycles. The Bertz CT molecular complexity index is 944. The standard InChI is InChI=1S/C27H30N2O3/c1-24(11-6-8-22-32-27-12-4-3-5-13-27)31-21-9-7-19-29(20-10-18-28)23-25-14-16-26(30-2)17-15-25/h3-5,12-17,24H,10-11,19-23H2,1-2H3/t24-/m0/s1. The van der Waals surface area contributed by atoms with Crippen molar-refractivity contribution in [1.29, 1.82) is 5.26 Å². The van der Waals surface area contributed by atoms with E-state index >= 15 is 0 Å². The highest BCUT2D eigenvalue weighted by Crippen LogP contribution is 2.13. The first-order valence-electron chi connectivity index (χ1n) is 10.6. The van der Waals surface area contributed by atoms with E-state index in [1.807, 2.05) is 61.5 Å². The molecule has 166 valence electrons. The van der Waals surface area contributed by atoms with Crippen LogP contribution in [0.1, 0.15) is 25.3 Å². The highest BCUT2D eigenvalue weighted by molar-refractivity contribution is 5.27. The van der Waals surface area contributed by atoms with Gasteiger partial charge in [-0.15, -0.1) is 0 Å². The molecule has 32 heavy (non-hydrogen) atoms. The Balaban J connectivity index is 1.68. The van der Waals surface area contributed by atoms with Gasteiger partial charge in [0.25, 0.3) is 0 Å². The molecule has 0 bridgehead atoms. The summed E-state index contributed by atoms with van der Waals surface area (Å²) in [6.45, 7) is 4.70. The van der Waals surface area contributed by atoms with E-state index in [4.69, 9.17) is 19.5 Å². The third kappa shape index (κ3) is 10.6. The predicted octanol–water partition coefficient (Wildman–Crippen LogP) is 4.29. The van der Waals surface area contributed by atoms with Crippen LogP contribution in [0, 0.1) is 35.0 Å². The maximum Gasteiger partial charge on any atom is 0.149 e. The molecule has 0 spiro atoms. The van der Waals surface area contributed by atoms with Crippen LogP contribution in [0.15, 0.2) is 54.6 Å². The van der Waals surface area contributed by atoms with E-state index in [-0.39, 0.29) is 6.10 Å². The van der Waals surface area contributed by atoms with Gasteiger partial charge in [-0.2, -0.15) is 5.26 Å². The topological polar surface area (TPSA) is 54.7 Å². The van der Waals surface area contributed by atoms with Gasteiger partial charge in [0.15, 0.2) is 0 Å². The Hall–Kier alpha value is -3.43. The molecule has 2 rings (SSSR count). The van der Waals surface area contributed by atoms with Crippen molar-refractivity contribution in [3.8, 4) is 41.2 Å². The SMILES string of the molecule is COc1ccc(CN(CC#CCO[C@@H](C)CC#CCOc2ccccc2)CCC#N)cc1. The van der Waals surface area contributed by atoms with Gasteiger partial charge < -0.3 is 14.2 Å². The molecule has 0 amide bonds. The third-order valence-corrected chi connectivity index (χ3v) is 4.54. The van der Waals surface area contributed by atoms with Crippen molar-refractivity contribution in [3.63, 3.8) is 0 Å². The number of nitrogens with zero attached hydrogens (tertiary/aromatic N) is 2. The van der Waals surface area contributed by atoms with Crippen molar-refractivity contribution in [1.82, 2.24) is 4.90 Å². The summed E-state index contributed by atoms with van der Waals surface area (Å²) in [6, 6.07) is 19.8. The van der Waals surface area contributed by atoms with Crippen molar-refractivity contribution in [2.75, 3.05) is 33.4 Å². The van der Waals surface area contributed by atoms with Crippen LogP contribution in [-0.2, 0) is 11.3 Å². The maximum absolute atomic E-state index is 8.91. The smallest absolute Gasteiger partial charge is 0.149 e. The van der Waals surface area contributed by atoms with Crippen LogP contribution < -0.4 is 9.47 Å². The fourth-order valence-electron chi connectivity index (χ4n) is 2.78. The van der Waals surface area contributed by atoms with Gasteiger partial charge in [-0.25, -0.2) is 0 Å². The molecule has 0 N–H and O–H groups in total. The van der Waals surface area contributed by atoms with Crippen molar-refractivity contribution < 1.29 is 14.2 Å². The lowest BCUT2D eigenvalue weighted by molar-refractivity contribution is 0.0961. The Kier molecular flexibility index (Phi) is 11.9. The number of ether oxygens (including phenoxy) is 3. The number of para-hydroxylation sites is 1. The van der Waals surface area contributed by atoms with E-state index < -0.39 is 0 Å². The summed E-state index contributed by atoms with van der Waals surface area (Å²) in [7, 11) is 1.65. The van der Waals surface area contributed by atoms with Crippen LogP contribution in [0.2, 0.25) is 0 Å². The number of hydrogen-bond donors (Lipinski definition) is 0. The molecule has 2 aromatic carbocycles. The average Bonchev–Trinajstić information content (AvgIpc) is 2.83. The lowest BCUT2D eigenvalue weighted by Gasteiger charge is -2.18. The van der Waals surface area contributed by atoms with Gasteiger partial charge in [-0.1, -0.05) is 54.0 Å². The fourth-order valence-corrected chi connectivity index (χ4v) is 2.78. The maximum atomic E-state index is 8.91. The minimum absolute atomic E-state index is 0.00233. The number of benzene rings is 2. The van der Waals surface area contributed by atoms with Gasteiger partial charge in [-0.3, -0.25) is 4.90 Å². The van der Waals surface area contributed by atoms with Crippen molar-refractivity contribution in [2.24, 2.45) is 0 Å². The molecule has 0 aliphatic rings. The molecule has 1 atom stereocenters. The second-order valence-corrected chi connectivity index (χ2v) is 7.10. The third-order valence-electron chi connectivity index (χ3n) is 4.54. The zero-order valence-electron chi connectivity index (χ0n) is 18.8. The summed E-state index contributed by atoms with van der Waals surface area (Å²) in [5, 5.41) is 8.91. The molecule has 0 saturated heterocycles. The fraction of sp³-hybridized carbons (Fsp3) is 0.370. The number of hydrogen-bond acceptors (Lipinski definition) is 5. The number of rotatable bonds is 11. The van der Waals surface area contributed by atoms with Crippen LogP contribution in [0.4, 0.5) is 0 Å². The first-order chi connectivity index (χ1) is 15.7. The van der Waals surface area contributed by atoms with Crippen LogP contribution >= 0.6 is 0 Å². The molecular weight excluding hydrogens is 400 g/mol. The van der Waals surface area contributed by atoms with E-state index in [1.165, 1.54) is 0 Å². The Morgan fingerprint density at radius 3 is 2.38 bits per heavy atom. The van der Waals surface area contributed by atoms with E-state index in [1.54, 1.807) is 7.11 Å². The van der Waals surface area contributed by atoms with E-state index in [2.05, 4.69) is 34.7 Å². The van der Waals surface area contributed by atoms with Gasteiger partial charge in [0.2, 0.25) is 0 Å². The molecule has 5 heteroatoms. The second kappa shape index (κ2) is 15.4. The predicted molar refractivity (Wildman–Crippen MR) is 126 cm³/mol. The van der Waals surface area contributed by atoms with Crippen LogP contribution in [-0.4, -0.2) is 44.4 Å². The average molecular weight is 431 g/mol. The Morgan fingerprint density at radius 2 is 1.66 bits per heavy atom. The molecular formula is C27H30N2O3. The zero-order valence-corrected chi connectivity index (χ0v) is 18.8. The van der Waals surface area contributed by atoms with Crippen LogP contribution in [0.5, 0.6) is 11.5 Å². The quantitative estimate of drug-likeness (QED) is 0.498. The molecule has 2 aromatic rings. The van der Waals surface area contributed by atoms with Gasteiger partial charge in [0.05, 0.1) is 25.8 Å². The highest BCUT2D eigenvalue weighted by atomic mass is 16.5. The molecule has 0 saturated carbocycles. The van der Waals surface area contributed by atoms with E-state index in [0.717, 1.165) is 23.6 Å². The van der Waals surface area contributed by atoms with E-state index in [9.17, 15) is 0 Å². The van der Waals surface area contributed by atoms with Gasteiger partial charge >= 0.3 is 0 Å². The molecule has 0 aromatic heterocycles. The van der Waals surface area contributed by atoms with E-state index in [0.29, 0.717) is 39.1 Å². The number of nitriles is 1. The first-order valence-corrected chi connectivity index (χ1v) is 10.6. The largest absolute Gasteiger partial charge is 0.497 e. The summed E-state index contributed by atoms with van der Waals surface area (Å²) < 4.78 is 16.4. The van der Waals surface area contributed by atoms with Gasteiger partial charge in [0, 0.05) is 25.9 Å². The van der Waals surface area contributed by atoms with Gasteiger partial charge in [-0.05, 0) is 36.8 Å². The number of methoxy groups -OCH3 is 1. The van der Waals surface area contributed by atoms with Gasteiger partial charge in [0.1, 0.15) is 24.7 Å².